The van der Waals surface area contributed by atoms with Gasteiger partial charge in [0.1, 0.15) is 0 Å². The van der Waals surface area contributed by atoms with Gasteiger partial charge >= 0.3 is 0 Å². The van der Waals surface area contributed by atoms with E-state index in [0.717, 1.165) is 19.3 Å². The summed E-state index contributed by atoms with van der Waals surface area (Å²) in [6.45, 7) is 0. The summed E-state index contributed by atoms with van der Waals surface area (Å²) >= 11 is 0. The van der Waals surface area contributed by atoms with Crippen LogP contribution < -0.4 is 0 Å². The smallest absolute Gasteiger partial charge is 0.0542 e. The first kappa shape index (κ1) is 28.5. The standard InChI is InChI=1S/C49H34N2/c1-2-14-34(15-3-1)50-46-22-10-9-21-42(46)45-31-35(26-28-49(45)50)51-47-23-11-8-20-41(47)44-30-32(13-12-24-48(44)51)33-25-27-40-38-18-5-4-16-36(38)37-17-6-7-19-39(37)43(40)29-33/h1-11,14-23,25-31H,12-13,24H2. The molecule has 8 aromatic carbocycles. The van der Waals surface area contributed by atoms with Crippen molar-refractivity contribution in [3.05, 3.63) is 181 Å². The van der Waals surface area contributed by atoms with Gasteiger partial charge in [0, 0.05) is 38.8 Å². The molecule has 0 radical (unpaired) electrons. The van der Waals surface area contributed by atoms with E-state index in [4.69, 9.17) is 0 Å². The van der Waals surface area contributed by atoms with E-state index in [1.165, 1.54) is 98.8 Å². The van der Waals surface area contributed by atoms with Gasteiger partial charge in [0.15, 0.2) is 0 Å². The molecule has 0 unspecified atom stereocenters. The van der Waals surface area contributed by atoms with Crippen molar-refractivity contribution in [1.82, 2.24) is 9.13 Å². The maximum Gasteiger partial charge on any atom is 0.0542 e. The average Bonchev–Trinajstić information content (AvgIpc) is 3.59. The van der Waals surface area contributed by atoms with Gasteiger partial charge in [-0.05, 0) is 117 Å². The van der Waals surface area contributed by atoms with E-state index in [0.29, 0.717) is 0 Å². The van der Waals surface area contributed by atoms with Gasteiger partial charge in [-0.2, -0.15) is 0 Å². The number of fused-ring (bicyclic) bond motifs is 12. The van der Waals surface area contributed by atoms with Gasteiger partial charge < -0.3 is 9.13 Å². The SMILES string of the molecule is C1=C(c2ccc3c4ccccc4c4ccccc4c3c2)CCCc2c1c1ccccc1n2-c1ccc2c(c1)c1ccccc1n2-c1ccccc1. The Morgan fingerprint density at radius 1 is 0.353 bits per heavy atom. The molecule has 2 nitrogen and oxygen atoms in total. The van der Waals surface area contributed by atoms with Crippen molar-refractivity contribution in [3.63, 3.8) is 0 Å². The molecular formula is C49H34N2. The molecule has 0 saturated heterocycles. The van der Waals surface area contributed by atoms with Crippen molar-refractivity contribution in [2.75, 3.05) is 0 Å². The minimum absolute atomic E-state index is 1.02. The largest absolute Gasteiger partial charge is 0.313 e. The van der Waals surface area contributed by atoms with Crippen LogP contribution in [0.15, 0.2) is 164 Å². The van der Waals surface area contributed by atoms with Crippen molar-refractivity contribution in [2.24, 2.45) is 0 Å². The van der Waals surface area contributed by atoms with E-state index in [1.54, 1.807) is 0 Å². The molecule has 0 saturated carbocycles. The van der Waals surface area contributed by atoms with Gasteiger partial charge in [-0.15, -0.1) is 0 Å². The normalized spacial score (nSPS) is 13.4. The van der Waals surface area contributed by atoms with Crippen molar-refractivity contribution in [2.45, 2.75) is 19.3 Å². The predicted molar refractivity (Wildman–Crippen MR) is 217 cm³/mol. The van der Waals surface area contributed by atoms with Gasteiger partial charge in [-0.25, -0.2) is 0 Å². The minimum Gasteiger partial charge on any atom is -0.313 e. The molecule has 2 aromatic heterocycles. The summed E-state index contributed by atoms with van der Waals surface area (Å²) in [5.41, 5.74) is 11.6. The third kappa shape index (κ3) is 4.23. The second kappa shape index (κ2) is 11.1. The molecule has 2 heterocycles. The first-order valence-corrected chi connectivity index (χ1v) is 18.1. The first-order valence-electron chi connectivity index (χ1n) is 18.1. The summed E-state index contributed by atoms with van der Waals surface area (Å²) in [6, 6.07) is 60.5. The van der Waals surface area contributed by atoms with E-state index >= 15 is 0 Å². The highest BCUT2D eigenvalue weighted by atomic mass is 15.0. The fraction of sp³-hybridized carbons (Fsp3) is 0.0612. The lowest BCUT2D eigenvalue weighted by molar-refractivity contribution is 0.814. The molecular weight excluding hydrogens is 617 g/mol. The molecule has 10 aromatic rings. The topological polar surface area (TPSA) is 9.86 Å². The summed E-state index contributed by atoms with van der Waals surface area (Å²) in [5.74, 6) is 0. The number of allylic oxidation sites excluding steroid dienone is 1. The van der Waals surface area contributed by atoms with Crippen molar-refractivity contribution in [1.29, 1.82) is 0 Å². The van der Waals surface area contributed by atoms with E-state index in [9.17, 15) is 0 Å². The molecule has 2 heteroatoms. The van der Waals surface area contributed by atoms with Crippen molar-refractivity contribution in [3.8, 4) is 11.4 Å². The quantitative estimate of drug-likeness (QED) is 0.168. The van der Waals surface area contributed by atoms with Crippen LogP contribution in [0.2, 0.25) is 0 Å². The minimum atomic E-state index is 1.02. The molecule has 0 fully saturated rings. The highest BCUT2D eigenvalue weighted by Crippen LogP contribution is 2.41. The van der Waals surface area contributed by atoms with Crippen LogP contribution in [0, 0.1) is 0 Å². The average molecular weight is 651 g/mol. The Morgan fingerprint density at radius 3 is 1.65 bits per heavy atom. The number of benzene rings is 8. The third-order valence-electron chi connectivity index (χ3n) is 11.2. The lowest BCUT2D eigenvalue weighted by Crippen LogP contribution is -2.01. The highest BCUT2D eigenvalue weighted by Gasteiger charge is 2.22. The summed E-state index contributed by atoms with van der Waals surface area (Å²) in [5, 5.41) is 11.8. The molecule has 11 rings (SSSR count). The van der Waals surface area contributed by atoms with Crippen LogP contribution in [-0.4, -0.2) is 9.13 Å². The second-order valence-electron chi connectivity index (χ2n) is 14.0. The summed E-state index contributed by atoms with van der Waals surface area (Å²) < 4.78 is 4.94. The molecule has 0 N–H and O–H groups in total. The predicted octanol–water partition coefficient (Wildman–Crippen LogP) is 13.1. The number of aromatic nitrogens is 2. The number of rotatable bonds is 3. The Bertz CT molecular complexity index is 3010. The number of hydrogen-bond donors (Lipinski definition) is 0. The Hall–Kier alpha value is -6.38. The molecule has 0 atom stereocenters. The molecule has 1 aliphatic carbocycles. The Kier molecular flexibility index (Phi) is 6.17. The lowest BCUT2D eigenvalue weighted by Gasteiger charge is -2.13. The van der Waals surface area contributed by atoms with Gasteiger partial charge in [0.2, 0.25) is 0 Å². The molecule has 0 spiro atoms. The van der Waals surface area contributed by atoms with Gasteiger partial charge in [0.25, 0.3) is 0 Å². The zero-order valence-electron chi connectivity index (χ0n) is 28.2. The van der Waals surface area contributed by atoms with E-state index in [2.05, 4.69) is 179 Å². The van der Waals surface area contributed by atoms with Gasteiger partial charge in [0.05, 0.1) is 16.6 Å². The maximum absolute atomic E-state index is 2.54. The fourth-order valence-corrected chi connectivity index (χ4v) is 9.00. The second-order valence-corrected chi connectivity index (χ2v) is 14.0. The van der Waals surface area contributed by atoms with E-state index in [1.807, 2.05) is 0 Å². The first-order chi connectivity index (χ1) is 25.3. The summed E-state index contributed by atoms with van der Waals surface area (Å²) in [7, 11) is 0. The van der Waals surface area contributed by atoms with E-state index < -0.39 is 0 Å². The maximum atomic E-state index is 2.54. The molecule has 1 aliphatic rings. The number of hydrogen-bond acceptors (Lipinski definition) is 0. The van der Waals surface area contributed by atoms with Crippen LogP contribution in [0.1, 0.15) is 29.7 Å². The highest BCUT2D eigenvalue weighted by molar-refractivity contribution is 6.25. The van der Waals surface area contributed by atoms with Crippen LogP contribution >= 0.6 is 0 Å². The summed E-state index contributed by atoms with van der Waals surface area (Å²) in [6.07, 6.45) is 5.67. The van der Waals surface area contributed by atoms with Crippen LogP contribution in [0.3, 0.4) is 0 Å². The number of nitrogens with zero attached hydrogens (tertiary/aromatic N) is 2. The van der Waals surface area contributed by atoms with Gasteiger partial charge in [-0.1, -0.05) is 115 Å². The van der Waals surface area contributed by atoms with Crippen LogP contribution in [-0.2, 0) is 6.42 Å². The lowest BCUT2D eigenvalue weighted by atomic mass is 9.91. The Morgan fingerprint density at radius 2 is 0.922 bits per heavy atom. The summed E-state index contributed by atoms with van der Waals surface area (Å²) in [4.78, 5) is 0. The van der Waals surface area contributed by atoms with Crippen LogP contribution in [0.5, 0.6) is 0 Å². The van der Waals surface area contributed by atoms with Crippen LogP contribution in [0.25, 0.3) is 88.1 Å². The number of para-hydroxylation sites is 3. The van der Waals surface area contributed by atoms with Crippen molar-refractivity contribution >= 4 is 76.7 Å². The zero-order chi connectivity index (χ0) is 33.5. The molecule has 240 valence electrons. The molecule has 51 heavy (non-hydrogen) atoms. The molecule has 0 bridgehead atoms. The fourth-order valence-electron chi connectivity index (χ4n) is 9.00. The van der Waals surface area contributed by atoms with E-state index in [-0.39, 0.29) is 0 Å². The third-order valence-corrected chi connectivity index (χ3v) is 11.2. The van der Waals surface area contributed by atoms with Crippen molar-refractivity contribution < 1.29 is 0 Å². The Balaban J connectivity index is 1.11. The zero-order valence-corrected chi connectivity index (χ0v) is 28.2. The Labute approximate surface area is 296 Å². The molecule has 0 amide bonds. The van der Waals surface area contributed by atoms with Crippen LogP contribution in [0.4, 0.5) is 0 Å². The van der Waals surface area contributed by atoms with Gasteiger partial charge in [-0.3, -0.25) is 0 Å². The monoisotopic (exact) mass is 650 g/mol. The molecule has 0 aliphatic heterocycles.